The molecule has 11 heteroatoms. The van der Waals surface area contributed by atoms with E-state index >= 15 is 0 Å². The minimum Gasteiger partial charge on any atom is -0.492 e. The highest BCUT2D eigenvalue weighted by Crippen LogP contribution is 2.36. The summed E-state index contributed by atoms with van der Waals surface area (Å²) in [6.45, 7) is 1.05. The molecule has 1 amide bonds. The van der Waals surface area contributed by atoms with Crippen LogP contribution in [-0.4, -0.2) is 46.3 Å². The van der Waals surface area contributed by atoms with Gasteiger partial charge in [0.15, 0.2) is 0 Å². The van der Waals surface area contributed by atoms with E-state index < -0.39 is 29.4 Å². The lowest BCUT2D eigenvalue weighted by Gasteiger charge is -2.12. The van der Waals surface area contributed by atoms with Crippen molar-refractivity contribution in [3.05, 3.63) is 43.6 Å². The lowest BCUT2D eigenvalue weighted by Crippen LogP contribution is -2.43. The molecule has 0 aliphatic heterocycles. The maximum Gasteiger partial charge on any atom is 0.328 e. The smallest absolute Gasteiger partial charge is 0.328 e. The molecule has 1 aromatic rings. The van der Waals surface area contributed by atoms with Crippen LogP contribution in [0.4, 0.5) is 0 Å². The van der Waals surface area contributed by atoms with Crippen LogP contribution in [0.1, 0.15) is 31.7 Å². The number of ether oxygens (including phenoxy) is 1. The summed E-state index contributed by atoms with van der Waals surface area (Å²) in [5.41, 5.74) is 0.371. The second-order valence-corrected chi connectivity index (χ2v) is 6.38. The molecule has 0 fully saturated rings. The van der Waals surface area contributed by atoms with Gasteiger partial charge < -0.3 is 20.3 Å². The number of aliphatic hydroxyl groups is 1. The second kappa shape index (κ2) is 11.5. The van der Waals surface area contributed by atoms with Gasteiger partial charge in [0, 0.05) is 24.5 Å². The first-order valence-corrected chi connectivity index (χ1v) is 9.05. The van der Waals surface area contributed by atoms with Crippen LogP contribution in [-0.2, 0) is 9.59 Å². The van der Waals surface area contributed by atoms with Gasteiger partial charge in [0.05, 0.1) is 23.2 Å². The number of amides is 1. The van der Waals surface area contributed by atoms with Gasteiger partial charge in [-0.25, -0.2) is 4.79 Å². The van der Waals surface area contributed by atoms with Gasteiger partial charge in [-0.2, -0.15) is 0 Å². The molecule has 1 rings (SSSR count). The molecule has 0 saturated carbocycles. The number of carbonyl (C=O) groups excluding carboxylic acids is 1. The van der Waals surface area contributed by atoms with Gasteiger partial charge in [0.1, 0.15) is 16.8 Å². The van der Waals surface area contributed by atoms with E-state index in [2.05, 4.69) is 5.32 Å². The van der Waals surface area contributed by atoms with Gasteiger partial charge in [-0.05, 0) is 18.6 Å². The predicted octanol–water partition coefficient (Wildman–Crippen LogP) is 2.74. The molecule has 0 spiro atoms. The number of carboxylic acids is 1. The number of carboxylic acid groups (broad SMARTS) is 1. The Labute approximate surface area is 171 Å². The van der Waals surface area contributed by atoms with Gasteiger partial charge in [0.25, 0.3) is 0 Å². The molecule has 0 radical (unpaired) electrons. The number of nitrogens with one attached hydrogen (secondary N) is 1. The van der Waals surface area contributed by atoms with Crippen LogP contribution < -0.4 is 10.1 Å². The normalized spacial score (nSPS) is 12.4. The number of hydrogen-bond acceptors (Lipinski definition) is 6. The minimum atomic E-state index is -1.35. The molecule has 1 aromatic carbocycles. The highest BCUT2D eigenvalue weighted by Gasteiger charge is 2.18. The van der Waals surface area contributed by atoms with Crippen LogP contribution in [0.5, 0.6) is 5.75 Å². The quantitative estimate of drug-likeness (QED) is 0.276. The van der Waals surface area contributed by atoms with E-state index in [0.29, 0.717) is 5.56 Å². The molecule has 0 aliphatic carbocycles. The van der Waals surface area contributed by atoms with Crippen LogP contribution in [0.2, 0.25) is 10.0 Å². The van der Waals surface area contributed by atoms with Gasteiger partial charge >= 0.3 is 5.97 Å². The van der Waals surface area contributed by atoms with Gasteiger partial charge in [0.2, 0.25) is 11.6 Å². The van der Waals surface area contributed by atoms with Crippen LogP contribution in [0.15, 0.2) is 17.8 Å². The summed E-state index contributed by atoms with van der Waals surface area (Å²) in [6.07, 6.45) is 1.81. The van der Waals surface area contributed by atoms with Gasteiger partial charge in [-0.1, -0.05) is 30.1 Å². The molecule has 9 nitrogen and oxygen atoms in total. The summed E-state index contributed by atoms with van der Waals surface area (Å²) in [5, 5.41) is 30.9. The molecule has 0 bridgehead atoms. The maximum absolute atomic E-state index is 11.6. The monoisotopic (exact) mass is 434 g/mol. The van der Waals surface area contributed by atoms with Crippen molar-refractivity contribution in [1.29, 1.82) is 0 Å². The molecule has 0 aromatic heterocycles. The van der Waals surface area contributed by atoms with Crippen molar-refractivity contribution in [2.24, 2.45) is 0 Å². The zero-order chi connectivity index (χ0) is 21.3. The predicted molar refractivity (Wildman–Crippen MR) is 103 cm³/mol. The fourth-order valence-corrected chi connectivity index (χ4v) is 2.54. The van der Waals surface area contributed by atoms with Crippen molar-refractivity contribution < 1.29 is 29.5 Å². The molecule has 0 heterocycles. The summed E-state index contributed by atoms with van der Waals surface area (Å²) in [6, 6.07) is 1.70. The Hall–Kier alpha value is -2.36. The zero-order valence-corrected chi connectivity index (χ0v) is 16.5. The Balaban J connectivity index is 2.65. The maximum atomic E-state index is 11.6. The molecule has 1 atom stereocenters. The van der Waals surface area contributed by atoms with Crippen LogP contribution in [0, 0.1) is 10.1 Å². The van der Waals surface area contributed by atoms with E-state index in [4.69, 9.17) is 38.2 Å². The lowest BCUT2D eigenvalue weighted by atomic mass is 10.1. The number of nitro groups is 1. The molecule has 28 heavy (non-hydrogen) atoms. The first-order valence-electron chi connectivity index (χ1n) is 8.30. The Bertz CT molecular complexity index is 768. The average Bonchev–Trinajstić information content (AvgIpc) is 2.65. The lowest BCUT2D eigenvalue weighted by molar-refractivity contribution is -0.425. The Morgan fingerprint density at radius 3 is 2.57 bits per heavy atom. The fourth-order valence-electron chi connectivity index (χ4n) is 2.10. The molecule has 0 aliphatic rings. The van der Waals surface area contributed by atoms with E-state index in [1.807, 2.05) is 0 Å². The Kier molecular flexibility index (Phi) is 9.70. The van der Waals surface area contributed by atoms with Crippen LogP contribution in [0.3, 0.4) is 0 Å². The standard InChI is InChI=1S/C17H20Cl2N2O7/c1-2-11(21(26)27)8-10-5-6-13(16(19)15(10)18)28-7-3-4-14(23)20-12(9-22)17(24)25/h5-6,8,12,22H,2-4,7,9H2,1H3,(H,20,23)(H,24,25)/b11-8-/t12-/m0/s1. The summed E-state index contributed by atoms with van der Waals surface area (Å²) < 4.78 is 5.46. The van der Waals surface area contributed by atoms with E-state index in [9.17, 15) is 19.7 Å². The molecule has 154 valence electrons. The topological polar surface area (TPSA) is 139 Å². The van der Waals surface area contributed by atoms with Gasteiger partial charge in [-0.15, -0.1) is 0 Å². The Morgan fingerprint density at radius 2 is 2.04 bits per heavy atom. The van der Waals surface area contributed by atoms with Gasteiger partial charge in [-0.3, -0.25) is 14.9 Å². The number of carbonyl (C=O) groups is 2. The van der Waals surface area contributed by atoms with Crippen molar-refractivity contribution in [1.82, 2.24) is 5.32 Å². The minimum absolute atomic E-state index is 0.0137. The highest BCUT2D eigenvalue weighted by molar-refractivity contribution is 6.43. The number of aliphatic carboxylic acids is 1. The molecular formula is C17H20Cl2N2O7. The molecular weight excluding hydrogens is 415 g/mol. The first-order chi connectivity index (χ1) is 13.2. The molecule has 0 saturated heterocycles. The first kappa shape index (κ1) is 23.7. The Morgan fingerprint density at radius 1 is 1.36 bits per heavy atom. The van der Waals surface area contributed by atoms with E-state index in [1.165, 1.54) is 18.2 Å². The number of nitrogens with zero attached hydrogens (tertiary/aromatic N) is 1. The number of allylic oxidation sites excluding steroid dienone is 1. The third-order valence-electron chi connectivity index (χ3n) is 3.62. The summed E-state index contributed by atoms with van der Waals surface area (Å²) in [4.78, 5) is 32.8. The third-order valence-corrected chi connectivity index (χ3v) is 4.50. The van der Waals surface area contributed by atoms with Crippen molar-refractivity contribution in [2.45, 2.75) is 32.2 Å². The average molecular weight is 435 g/mol. The number of benzene rings is 1. The van der Waals surface area contributed by atoms with E-state index in [0.717, 1.165) is 0 Å². The van der Waals surface area contributed by atoms with Crippen LogP contribution >= 0.6 is 23.2 Å². The SMILES string of the molecule is CC/C(=C/c1ccc(OCCCC(=O)N[C@@H](CO)C(=O)O)c(Cl)c1Cl)[N+](=O)[O-]. The van der Waals surface area contributed by atoms with Crippen molar-refractivity contribution in [2.75, 3.05) is 13.2 Å². The number of hydrogen-bond donors (Lipinski definition) is 3. The second-order valence-electron chi connectivity index (χ2n) is 5.62. The summed E-state index contributed by atoms with van der Waals surface area (Å²) in [7, 11) is 0. The third kappa shape index (κ3) is 6.99. The highest BCUT2D eigenvalue weighted by atomic mass is 35.5. The van der Waals surface area contributed by atoms with Crippen LogP contribution in [0.25, 0.3) is 6.08 Å². The fraction of sp³-hybridized carbons (Fsp3) is 0.412. The van der Waals surface area contributed by atoms with Crippen molar-refractivity contribution in [3.63, 3.8) is 0 Å². The zero-order valence-electron chi connectivity index (χ0n) is 15.0. The summed E-state index contributed by atoms with van der Waals surface area (Å²) >= 11 is 12.3. The molecule has 3 N–H and O–H groups in total. The molecule has 0 unspecified atom stereocenters. The van der Waals surface area contributed by atoms with Crippen molar-refractivity contribution >= 4 is 41.2 Å². The largest absolute Gasteiger partial charge is 0.492 e. The number of rotatable bonds is 11. The summed E-state index contributed by atoms with van der Waals surface area (Å²) in [5.74, 6) is -1.62. The van der Waals surface area contributed by atoms with E-state index in [1.54, 1.807) is 6.92 Å². The number of aliphatic hydroxyl groups excluding tert-OH is 1. The van der Waals surface area contributed by atoms with Crippen molar-refractivity contribution in [3.8, 4) is 5.75 Å². The van der Waals surface area contributed by atoms with E-state index in [-0.39, 0.29) is 47.4 Å². The number of halogens is 2.